The molecule has 0 bridgehead atoms. The van der Waals surface area contributed by atoms with Gasteiger partial charge in [-0.2, -0.15) is 0 Å². The average Bonchev–Trinajstić information content (AvgIpc) is 2.97. The van der Waals surface area contributed by atoms with Crippen molar-refractivity contribution in [2.45, 2.75) is 39.0 Å². The minimum Gasteiger partial charge on any atom is -0.468 e. The van der Waals surface area contributed by atoms with Gasteiger partial charge in [0.2, 0.25) is 0 Å². The van der Waals surface area contributed by atoms with Crippen molar-refractivity contribution < 1.29 is 18.7 Å². The maximum atomic E-state index is 12.7. The third kappa shape index (κ3) is 4.90. The van der Waals surface area contributed by atoms with E-state index < -0.39 is 0 Å². The Balaban J connectivity index is 0.000000956. The molecule has 4 nitrogen and oxygen atoms in total. The summed E-state index contributed by atoms with van der Waals surface area (Å²) < 4.78 is 23.0. The van der Waals surface area contributed by atoms with Gasteiger partial charge >= 0.3 is 5.97 Å². The summed E-state index contributed by atoms with van der Waals surface area (Å²) >= 11 is 0. The van der Waals surface area contributed by atoms with Crippen LogP contribution < -0.4 is 5.32 Å². The standard InChI is InChI=1S/C13H16FNO3.C2H6/c1-17-13(16)12-6-11(7-15-12)18-8-9-2-4-10(14)5-3-9;1-2/h2-5,11-12,15H,6-8H2,1H3;1-2H3. The van der Waals surface area contributed by atoms with Crippen LogP contribution in [-0.4, -0.2) is 31.8 Å². The van der Waals surface area contributed by atoms with Crippen LogP contribution in [0.1, 0.15) is 25.8 Å². The fraction of sp³-hybridized carbons (Fsp3) is 0.533. The minimum atomic E-state index is -0.284. The van der Waals surface area contributed by atoms with Gasteiger partial charge in [-0.05, 0) is 17.7 Å². The van der Waals surface area contributed by atoms with E-state index in [2.05, 4.69) is 10.1 Å². The molecule has 20 heavy (non-hydrogen) atoms. The maximum absolute atomic E-state index is 12.7. The molecule has 0 amide bonds. The second-order valence-electron chi connectivity index (χ2n) is 4.28. The molecule has 0 saturated carbocycles. The monoisotopic (exact) mass is 283 g/mol. The number of hydrogen-bond donors (Lipinski definition) is 1. The molecule has 5 heteroatoms. The third-order valence-corrected chi connectivity index (χ3v) is 2.98. The second-order valence-corrected chi connectivity index (χ2v) is 4.28. The van der Waals surface area contributed by atoms with Crippen LogP contribution in [0.15, 0.2) is 24.3 Å². The van der Waals surface area contributed by atoms with Crippen LogP contribution in [0.5, 0.6) is 0 Å². The number of carbonyl (C=O) groups is 1. The summed E-state index contributed by atoms with van der Waals surface area (Å²) in [6.45, 7) is 5.04. The Kier molecular flexibility index (Phi) is 7.18. The van der Waals surface area contributed by atoms with Crippen LogP contribution in [0.25, 0.3) is 0 Å². The number of hydrogen-bond acceptors (Lipinski definition) is 4. The molecule has 2 rings (SSSR count). The first kappa shape index (κ1) is 16.6. The first-order chi connectivity index (χ1) is 9.69. The quantitative estimate of drug-likeness (QED) is 0.861. The summed E-state index contributed by atoms with van der Waals surface area (Å²) in [5.41, 5.74) is 0.915. The Hall–Kier alpha value is -1.46. The Bertz CT molecular complexity index is 408. The molecule has 1 heterocycles. The fourth-order valence-electron chi connectivity index (χ4n) is 1.95. The summed E-state index contributed by atoms with van der Waals surface area (Å²) in [5, 5.41) is 3.04. The lowest BCUT2D eigenvalue weighted by Gasteiger charge is -2.11. The van der Waals surface area contributed by atoms with Crippen LogP contribution in [0.4, 0.5) is 4.39 Å². The van der Waals surface area contributed by atoms with E-state index in [4.69, 9.17) is 4.74 Å². The number of nitrogens with one attached hydrogen (secondary N) is 1. The summed E-state index contributed by atoms with van der Waals surface area (Å²) in [4.78, 5) is 11.3. The first-order valence-electron chi connectivity index (χ1n) is 6.86. The molecule has 0 aliphatic carbocycles. The molecular weight excluding hydrogens is 261 g/mol. The van der Waals surface area contributed by atoms with Crippen LogP contribution in [0, 0.1) is 5.82 Å². The normalized spacial score (nSPS) is 21.0. The van der Waals surface area contributed by atoms with Crippen LogP contribution in [-0.2, 0) is 20.9 Å². The lowest BCUT2D eigenvalue weighted by molar-refractivity contribution is -0.142. The van der Waals surface area contributed by atoms with E-state index in [9.17, 15) is 9.18 Å². The number of rotatable bonds is 4. The lowest BCUT2D eigenvalue weighted by atomic mass is 10.2. The molecule has 0 aromatic heterocycles. The van der Waals surface area contributed by atoms with Gasteiger partial charge < -0.3 is 14.8 Å². The van der Waals surface area contributed by atoms with E-state index in [1.807, 2.05) is 13.8 Å². The van der Waals surface area contributed by atoms with Crippen LogP contribution in [0.3, 0.4) is 0 Å². The van der Waals surface area contributed by atoms with Crippen molar-refractivity contribution in [1.82, 2.24) is 5.32 Å². The maximum Gasteiger partial charge on any atom is 0.322 e. The molecule has 1 fully saturated rings. The van der Waals surface area contributed by atoms with E-state index in [0.29, 0.717) is 19.6 Å². The smallest absolute Gasteiger partial charge is 0.322 e. The largest absolute Gasteiger partial charge is 0.468 e. The third-order valence-electron chi connectivity index (χ3n) is 2.98. The Morgan fingerprint density at radius 2 is 2.00 bits per heavy atom. The molecule has 112 valence electrons. The van der Waals surface area contributed by atoms with Gasteiger partial charge in [0, 0.05) is 13.0 Å². The summed E-state index contributed by atoms with van der Waals surface area (Å²) in [5.74, 6) is -0.519. The molecule has 1 N–H and O–H groups in total. The van der Waals surface area contributed by atoms with Crippen molar-refractivity contribution in [2.75, 3.05) is 13.7 Å². The molecule has 1 aromatic rings. The number of methoxy groups -OCH3 is 1. The van der Waals surface area contributed by atoms with Gasteiger partial charge in [-0.15, -0.1) is 0 Å². The van der Waals surface area contributed by atoms with E-state index in [1.54, 1.807) is 12.1 Å². The lowest BCUT2D eigenvalue weighted by Crippen LogP contribution is -2.31. The zero-order valence-corrected chi connectivity index (χ0v) is 12.2. The zero-order chi connectivity index (χ0) is 15.0. The second kappa shape index (κ2) is 8.66. The number of carbonyl (C=O) groups excluding carboxylic acids is 1. The topological polar surface area (TPSA) is 47.6 Å². The molecule has 0 spiro atoms. The molecule has 1 saturated heterocycles. The molecule has 1 aliphatic rings. The Labute approximate surface area is 119 Å². The van der Waals surface area contributed by atoms with E-state index in [1.165, 1.54) is 19.2 Å². The van der Waals surface area contributed by atoms with Crippen LogP contribution in [0.2, 0.25) is 0 Å². The van der Waals surface area contributed by atoms with Crippen molar-refractivity contribution in [2.24, 2.45) is 0 Å². The summed E-state index contributed by atoms with van der Waals surface area (Å²) in [6.07, 6.45) is 0.590. The molecule has 2 atom stereocenters. The van der Waals surface area contributed by atoms with Gasteiger partial charge in [0.1, 0.15) is 11.9 Å². The van der Waals surface area contributed by atoms with E-state index in [0.717, 1.165) is 5.56 Å². The van der Waals surface area contributed by atoms with Crippen molar-refractivity contribution in [3.05, 3.63) is 35.6 Å². The van der Waals surface area contributed by atoms with Gasteiger partial charge in [-0.3, -0.25) is 4.79 Å². The molecule has 1 aromatic carbocycles. The molecule has 2 unspecified atom stereocenters. The van der Waals surface area contributed by atoms with Crippen molar-refractivity contribution in [3.8, 4) is 0 Å². The van der Waals surface area contributed by atoms with E-state index in [-0.39, 0.29) is 23.9 Å². The average molecular weight is 283 g/mol. The molecule has 1 aliphatic heterocycles. The van der Waals surface area contributed by atoms with Gasteiger partial charge in [-0.1, -0.05) is 26.0 Å². The highest BCUT2D eigenvalue weighted by atomic mass is 19.1. The Morgan fingerprint density at radius 1 is 1.35 bits per heavy atom. The van der Waals surface area contributed by atoms with Gasteiger partial charge in [0.25, 0.3) is 0 Å². The highest BCUT2D eigenvalue weighted by Gasteiger charge is 2.30. The zero-order valence-electron chi connectivity index (χ0n) is 12.2. The predicted octanol–water partition coefficient (Wildman–Crippen LogP) is 2.27. The van der Waals surface area contributed by atoms with Crippen molar-refractivity contribution in [3.63, 3.8) is 0 Å². The Morgan fingerprint density at radius 3 is 2.60 bits per heavy atom. The highest BCUT2D eigenvalue weighted by Crippen LogP contribution is 2.14. The molecule has 0 radical (unpaired) electrons. The fourth-order valence-corrected chi connectivity index (χ4v) is 1.95. The first-order valence-corrected chi connectivity index (χ1v) is 6.86. The minimum absolute atomic E-state index is 0.0147. The van der Waals surface area contributed by atoms with Crippen molar-refractivity contribution in [1.29, 1.82) is 0 Å². The number of halogens is 1. The van der Waals surface area contributed by atoms with Gasteiger partial charge in [0.15, 0.2) is 0 Å². The number of ether oxygens (including phenoxy) is 2. The van der Waals surface area contributed by atoms with Crippen molar-refractivity contribution >= 4 is 5.97 Å². The van der Waals surface area contributed by atoms with E-state index >= 15 is 0 Å². The summed E-state index contributed by atoms with van der Waals surface area (Å²) in [6, 6.07) is 5.91. The van der Waals surface area contributed by atoms with Crippen LogP contribution >= 0.6 is 0 Å². The highest BCUT2D eigenvalue weighted by molar-refractivity contribution is 5.76. The summed E-state index contributed by atoms with van der Waals surface area (Å²) in [7, 11) is 1.37. The number of esters is 1. The van der Waals surface area contributed by atoms with Gasteiger partial charge in [0.05, 0.1) is 19.8 Å². The van der Waals surface area contributed by atoms with Gasteiger partial charge in [-0.25, -0.2) is 4.39 Å². The number of benzene rings is 1. The molecular formula is C15H22FNO3. The SMILES string of the molecule is CC.COC(=O)C1CC(OCc2ccc(F)cc2)CN1. The predicted molar refractivity (Wildman–Crippen MR) is 74.7 cm³/mol.